The van der Waals surface area contributed by atoms with Crippen molar-refractivity contribution in [2.24, 2.45) is 0 Å². The van der Waals surface area contributed by atoms with Gasteiger partial charge in [0.1, 0.15) is 17.9 Å². The first-order valence-electron chi connectivity index (χ1n) is 10.5. The van der Waals surface area contributed by atoms with Crippen LogP contribution in [0.5, 0.6) is 5.75 Å². The number of aliphatic hydroxyl groups excluding tert-OH is 2. The lowest BCUT2D eigenvalue weighted by Gasteiger charge is -2.10. The molecule has 32 heavy (non-hydrogen) atoms. The summed E-state index contributed by atoms with van der Waals surface area (Å²) in [6.45, 7) is 1.25. The van der Waals surface area contributed by atoms with Crippen LogP contribution in [-0.4, -0.2) is 65.8 Å². The third-order valence-corrected chi connectivity index (χ3v) is 5.38. The van der Waals surface area contributed by atoms with Gasteiger partial charge in [0.15, 0.2) is 5.65 Å². The molecule has 0 radical (unpaired) electrons. The van der Waals surface area contributed by atoms with Crippen LogP contribution in [-0.2, 0) is 19.4 Å². The number of aliphatic hydroxyl groups is 2. The van der Waals surface area contributed by atoms with Crippen LogP contribution in [0.25, 0.3) is 22.3 Å². The minimum Gasteiger partial charge on any atom is -0.491 e. The number of fused-ring (bicyclic) bond motifs is 2. The van der Waals surface area contributed by atoms with Gasteiger partial charge in [0.05, 0.1) is 43.4 Å². The molecule has 10 heteroatoms. The van der Waals surface area contributed by atoms with Gasteiger partial charge in [0.25, 0.3) is 0 Å². The molecule has 0 bridgehead atoms. The van der Waals surface area contributed by atoms with E-state index in [1.807, 2.05) is 24.4 Å². The monoisotopic (exact) mass is 433 g/mol. The van der Waals surface area contributed by atoms with Gasteiger partial charge in [-0.05, 0) is 24.1 Å². The molecule has 0 spiro atoms. The number of nitrogens with zero attached hydrogens (tertiary/aromatic N) is 6. The molecule has 1 aliphatic rings. The molecule has 0 saturated carbocycles. The summed E-state index contributed by atoms with van der Waals surface area (Å²) in [4.78, 5) is 17.5. The van der Waals surface area contributed by atoms with Gasteiger partial charge in [0.2, 0.25) is 0 Å². The van der Waals surface area contributed by atoms with Crippen molar-refractivity contribution in [3.63, 3.8) is 0 Å². The predicted molar refractivity (Wildman–Crippen MR) is 117 cm³/mol. The van der Waals surface area contributed by atoms with E-state index in [0.717, 1.165) is 52.3 Å². The van der Waals surface area contributed by atoms with Gasteiger partial charge in [-0.2, -0.15) is 5.10 Å². The van der Waals surface area contributed by atoms with E-state index in [0.29, 0.717) is 18.8 Å². The van der Waals surface area contributed by atoms with Gasteiger partial charge in [-0.3, -0.25) is 4.98 Å². The fourth-order valence-electron chi connectivity index (χ4n) is 3.78. The zero-order chi connectivity index (χ0) is 21.9. The highest BCUT2D eigenvalue weighted by molar-refractivity contribution is 5.80. The molecule has 0 unspecified atom stereocenters. The zero-order valence-corrected chi connectivity index (χ0v) is 17.3. The normalized spacial score (nSPS) is 13.7. The molecule has 1 aliphatic heterocycles. The molecular weight excluding hydrogens is 410 g/mol. The van der Waals surface area contributed by atoms with Crippen molar-refractivity contribution >= 4 is 16.9 Å². The number of pyridine rings is 2. The maximum atomic E-state index is 9.67. The number of ether oxygens (including phenoxy) is 1. The second-order valence-corrected chi connectivity index (χ2v) is 7.61. The molecule has 0 saturated heterocycles. The molecule has 4 aromatic rings. The average Bonchev–Trinajstić information content (AvgIpc) is 3.46. The van der Waals surface area contributed by atoms with Crippen molar-refractivity contribution in [2.75, 3.05) is 25.1 Å². The van der Waals surface area contributed by atoms with E-state index in [1.54, 1.807) is 17.1 Å². The van der Waals surface area contributed by atoms with Crippen molar-refractivity contribution in [2.45, 2.75) is 25.5 Å². The van der Waals surface area contributed by atoms with Crippen molar-refractivity contribution in [3.8, 4) is 17.0 Å². The van der Waals surface area contributed by atoms with Crippen molar-refractivity contribution in [1.82, 2.24) is 29.7 Å². The number of aromatic nitrogens is 6. The Morgan fingerprint density at radius 2 is 2.09 bits per heavy atom. The molecule has 0 amide bonds. The van der Waals surface area contributed by atoms with E-state index >= 15 is 0 Å². The van der Waals surface area contributed by atoms with Crippen LogP contribution in [0.2, 0.25) is 0 Å². The molecule has 5 rings (SSSR count). The average molecular weight is 433 g/mol. The molecule has 5 heterocycles. The second kappa shape index (κ2) is 8.85. The van der Waals surface area contributed by atoms with Gasteiger partial charge in [0, 0.05) is 42.4 Å². The zero-order valence-electron chi connectivity index (χ0n) is 17.3. The SMILES string of the molecule is OC[C@H](O)Cn1ncc2cc(-c3cc(NCCc4ccnc5c4OCC5)ncn3)cnc21. The van der Waals surface area contributed by atoms with Crippen LogP contribution in [0.1, 0.15) is 11.3 Å². The smallest absolute Gasteiger partial charge is 0.157 e. The summed E-state index contributed by atoms with van der Waals surface area (Å²) in [5.74, 6) is 1.65. The minimum absolute atomic E-state index is 0.180. The first kappa shape index (κ1) is 20.3. The highest BCUT2D eigenvalue weighted by Gasteiger charge is 2.17. The van der Waals surface area contributed by atoms with Crippen molar-refractivity contribution in [3.05, 3.63) is 54.4 Å². The number of hydrogen-bond donors (Lipinski definition) is 3. The maximum Gasteiger partial charge on any atom is 0.157 e. The fraction of sp³-hybridized carbons (Fsp3) is 0.318. The summed E-state index contributed by atoms with van der Waals surface area (Å²) >= 11 is 0. The van der Waals surface area contributed by atoms with Gasteiger partial charge in [-0.1, -0.05) is 0 Å². The van der Waals surface area contributed by atoms with E-state index in [2.05, 4.69) is 30.4 Å². The van der Waals surface area contributed by atoms with Crippen molar-refractivity contribution < 1.29 is 14.9 Å². The Morgan fingerprint density at radius 3 is 3.00 bits per heavy atom. The molecule has 0 fully saturated rings. The van der Waals surface area contributed by atoms with E-state index in [4.69, 9.17) is 9.84 Å². The summed E-state index contributed by atoms with van der Waals surface area (Å²) in [5.41, 5.74) is 4.40. The fourth-order valence-corrected chi connectivity index (χ4v) is 3.78. The summed E-state index contributed by atoms with van der Waals surface area (Å²) in [5, 5.41) is 27.1. The summed E-state index contributed by atoms with van der Waals surface area (Å²) in [6.07, 6.45) is 7.55. The third kappa shape index (κ3) is 4.10. The molecule has 10 nitrogen and oxygen atoms in total. The Labute approximate surface area is 184 Å². The Morgan fingerprint density at radius 1 is 1.16 bits per heavy atom. The van der Waals surface area contributed by atoms with Gasteiger partial charge in [-0.25, -0.2) is 19.6 Å². The molecule has 1 atom stereocenters. The summed E-state index contributed by atoms with van der Waals surface area (Å²) in [6, 6.07) is 5.83. The van der Waals surface area contributed by atoms with Gasteiger partial charge in [-0.15, -0.1) is 0 Å². The number of hydrogen-bond acceptors (Lipinski definition) is 9. The highest BCUT2D eigenvalue weighted by Crippen LogP contribution is 2.28. The third-order valence-electron chi connectivity index (χ3n) is 5.38. The van der Waals surface area contributed by atoms with Crippen LogP contribution < -0.4 is 10.1 Å². The lowest BCUT2D eigenvalue weighted by Crippen LogP contribution is -2.20. The minimum atomic E-state index is -0.880. The van der Waals surface area contributed by atoms with Gasteiger partial charge < -0.3 is 20.3 Å². The second-order valence-electron chi connectivity index (χ2n) is 7.61. The molecule has 164 valence electrons. The topological polar surface area (TPSA) is 131 Å². The van der Waals surface area contributed by atoms with E-state index in [1.165, 1.54) is 6.33 Å². The van der Waals surface area contributed by atoms with Gasteiger partial charge >= 0.3 is 0 Å². The lowest BCUT2D eigenvalue weighted by molar-refractivity contribution is 0.0792. The quantitative estimate of drug-likeness (QED) is 0.375. The summed E-state index contributed by atoms with van der Waals surface area (Å²) in [7, 11) is 0. The summed E-state index contributed by atoms with van der Waals surface area (Å²) < 4.78 is 7.29. The van der Waals surface area contributed by atoms with Crippen molar-refractivity contribution in [1.29, 1.82) is 0 Å². The van der Waals surface area contributed by atoms with Crippen LogP contribution in [0, 0.1) is 0 Å². The molecular formula is C22H23N7O3. The number of rotatable bonds is 8. The number of nitrogens with one attached hydrogen (secondary N) is 1. The Balaban J connectivity index is 1.28. The molecule has 0 aromatic carbocycles. The molecule has 0 aliphatic carbocycles. The Bertz CT molecular complexity index is 1240. The van der Waals surface area contributed by atoms with E-state index in [9.17, 15) is 5.11 Å². The van der Waals surface area contributed by atoms with Crippen LogP contribution in [0.3, 0.4) is 0 Å². The molecule has 3 N–H and O–H groups in total. The van der Waals surface area contributed by atoms with E-state index < -0.39 is 6.10 Å². The largest absolute Gasteiger partial charge is 0.491 e. The predicted octanol–water partition coefficient (Wildman–Crippen LogP) is 1.23. The maximum absolute atomic E-state index is 9.67. The lowest BCUT2D eigenvalue weighted by atomic mass is 10.1. The van der Waals surface area contributed by atoms with Crippen LogP contribution in [0.4, 0.5) is 5.82 Å². The molecule has 4 aromatic heterocycles. The first-order chi connectivity index (χ1) is 15.7. The van der Waals surface area contributed by atoms with Crippen LogP contribution >= 0.6 is 0 Å². The standard InChI is InChI=1S/C22H23N7O3/c30-12-17(31)11-29-22-16(10-28-29)7-15(9-25-22)19-8-20(27-13-26-19)24-5-2-14-1-4-23-18-3-6-32-21(14)18/h1,4,7-10,13,17,30-31H,2-3,5-6,11-12H2,(H,24,26,27)/t17-/m1/s1. The Hall–Kier alpha value is -3.63. The number of anilines is 1. The van der Waals surface area contributed by atoms with Crippen LogP contribution in [0.15, 0.2) is 43.1 Å². The first-order valence-corrected chi connectivity index (χ1v) is 10.5. The Kier molecular flexibility index (Phi) is 5.61. The highest BCUT2D eigenvalue weighted by atomic mass is 16.5. The van der Waals surface area contributed by atoms with E-state index in [-0.39, 0.29) is 13.2 Å².